The highest BCUT2D eigenvalue weighted by Crippen LogP contribution is 2.40. The van der Waals surface area contributed by atoms with Crippen LogP contribution in [0, 0.1) is 5.92 Å². The molecule has 0 bridgehead atoms. The summed E-state index contributed by atoms with van der Waals surface area (Å²) in [6.45, 7) is 2.79. The summed E-state index contributed by atoms with van der Waals surface area (Å²) in [5.41, 5.74) is 0. The number of carbonyl (C=O) groups excluding carboxylic acids is 1. The Morgan fingerprint density at radius 2 is 2.00 bits per heavy atom. The van der Waals surface area contributed by atoms with Crippen LogP contribution in [0.25, 0.3) is 0 Å². The molecule has 5 nitrogen and oxygen atoms in total. The Balaban J connectivity index is 2.12. The van der Waals surface area contributed by atoms with Gasteiger partial charge in [0.2, 0.25) is 0 Å². The molecule has 2 fully saturated rings. The summed E-state index contributed by atoms with van der Waals surface area (Å²) in [4.78, 5) is 27.5. The molecule has 2 aliphatic rings. The molecule has 0 radical (unpaired) electrons. The fourth-order valence-corrected chi connectivity index (χ4v) is 3.64. The van der Waals surface area contributed by atoms with Gasteiger partial charge in [0.25, 0.3) is 0 Å². The first-order valence-corrected chi connectivity index (χ1v) is 7.82. The lowest BCUT2D eigenvalue weighted by Gasteiger charge is -2.35. The number of likely N-dealkylation sites (tertiary alicyclic amines) is 1. The standard InChI is InChI=1S/C15H26N2O3/c1-3-4-9-16(2)15(20)17-12-8-6-5-7-11(12)10-13(17)14(18)19/h11-13H,3-10H2,1-2H3,(H,18,19). The minimum Gasteiger partial charge on any atom is -0.480 e. The molecule has 3 atom stereocenters. The average Bonchev–Trinajstić information content (AvgIpc) is 2.83. The van der Waals surface area contributed by atoms with Crippen LogP contribution < -0.4 is 0 Å². The van der Waals surface area contributed by atoms with Gasteiger partial charge < -0.3 is 14.9 Å². The first kappa shape index (κ1) is 15.1. The van der Waals surface area contributed by atoms with Crippen LogP contribution in [-0.4, -0.2) is 52.6 Å². The fraction of sp³-hybridized carbons (Fsp3) is 0.867. The van der Waals surface area contributed by atoms with Gasteiger partial charge in [-0.3, -0.25) is 0 Å². The van der Waals surface area contributed by atoms with E-state index in [0.717, 1.165) is 32.1 Å². The molecule has 1 heterocycles. The number of fused-ring (bicyclic) bond motifs is 1. The van der Waals surface area contributed by atoms with Gasteiger partial charge in [0.05, 0.1) is 0 Å². The van der Waals surface area contributed by atoms with Crippen LogP contribution in [0.2, 0.25) is 0 Å². The molecule has 1 aliphatic carbocycles. The maximum atomic E-state index is 12.6. The number of nitrogens with zero attached hydrogens (tertiary/aromatic N) is 2. The SMILES string of the molecule is CCCCN(C)C(=O)N1C(C(=O)O)CC2CCCCC21. The van der Waals surface area contributed by atoms with Gasteiger partial charge >= 0.3 is 12.0 Å². The molecule has 1 saturated heterocycles. The molecule has 5 heteroatoms. The van der Waals surface area contributed by atoms with E-state index < -0.39 is 12.0 Å². The number of hydrogen-bond donors (Lipinski definition) is 1. The minimum absolute atomic E-state index is 0.0970. The zero-order chi connectivity index (χ0) is 14.7. The Morgan fingerprint density at radius 1 is 1.30 bits per heavy atom. The number of rotatable bonds is 4. The molecule has 1 aliphatic heterocycles. The highest BCUT2D eigenvalue weighted by atomic mass is 16.4. The number of unbranched alkanes of at least 4 members (excludes halogenated alkanes) is 1. The third kappa shape index (κ3) is 2.91. The molecule has 1 saturated carbocycles. The second-order valence-corrected chi connectivity index (χ2v) is 6.17. The molecule has 0 aromatic heterocycles. The van der Waals surface area contributed by atoms with E-state index in [9.17, 15) is 14.7 Å². The van der Waals surface area contributed by atoms with Crippen LogP contribution in [0.15, 0.2) is 0 Å². The summed E-state index contributed by atoms with van der Waals surface area (Å²) in [7, 11) is 1.78. The maximum Gasteiger partial charge on any atom is 0.326 e. The van der Waals surface area contributed by atoms with Gasteiger partial charge in [-0.05, 0) is 31.6 Å². The Labute approximate surface area is 120 Å². The fourth-order valence-electron chi connectivity index (χ4n) is 3.64. The van der Waals surface area contributed by atoms with Crippen LogP contribution in [0.3, 0.4) is 0 Å². The van der Waals surface area contributed by atoms with Gasteiger partial charge in [0, 0.05) is 19.6 Å². The first-order chi connectivity index (χ1) is 9.56. The van der Waals surface area contributed by atoms with Crippen molar-refractivity contribution in [2.75, 3.05) is 13.6 Å². The van der Waals surface area contributed by atoms with Crippen molar-refractivity contribution in [2.24, 2.45) is 5.92 Å². The number of amides is 2. The number of hydrogen-bond acceptors (Lipinski definition) is 2. The molecular weight excluding hydrogens is 256 g/mol. The van der Waals surface area contributed by atoms with Crippen molar-refractivity contribution >= 4 is 12.0 Å². The van der Waals surface area contributed by atoms with Crippen molar-refractivity contribution in [3.8, 4) is 0 Å². The largest absolute Gasteiger partial charge is 0.480 e. The van der Waals surface area contributed by atoms with Gasteiger partial charge in [-0.25, -0.2) is 9.59 Å². The summed E-state index contributed by atoms with van der Waals surface area (Å²) in [6, 6.07) is -0.582. The van der Waals surface area contributed by atoms with Crippen molar-refractivity contribution in [2.45, 2.75) is 64.0 Å². The van der Waals surface area contributed by atoms with Crippen LogP contribution in [0.5, 0.6) is 0 Å². The number of urea groups is 1. The van der Waals surface area contributed by atoms with Crippen molar-refractivity contribution in [1.82, 2.24) is 9.80 Å². The average molecular weight is 282 g/mol. The molecule has 0 spiro atoms. The minimum atomic E-state index is -0.850. The van der Waals surface area contributed by atoms with E-state index in [0.29, 0.717) is 18.9 Å². The Bertz CT molecular complexity index is 372. The molecular formula is C15H26N2O3. The Kier molecular flexibility index (Phi) is 4.89. The third-order valence-corrected chi connectivity index (χ3v) is 4.77. The highest BCUT2D eigenvalue weighted by molar-refractivity contribution is 5.83. The van der Waals surface area contributed by atoms with E-state index >= 15 is 0 Å². The van der Waals surface area contributed by atoms with Gasteiger partial charge in [0.1, 0.15) is 6.04 Å². The number of carboxylic acid groups (broad SMARTS) is 1. The lowest BCUT2D eigenvalue weighted by molar-refractivity contribution is -0.141. The van der Waals surface area contributed by atoms with E-state index in [1.165, 1.54) is 6.42 Å². The molecule has 0 aromatic carbocycles. The summed E-state index contributed by atoms with van der Waals surface area (Å²) in [5.74, 6) is -0.468. The molecule has 0 aromatic rings. The normalized spacial score (nSPS) is 29.1. The molecule has 2 rings (SSSR count). The molecule has 20 heavy (non-hydrogen) atoms. The molecule has 1 N–H and O–H groups in total. The predicted molar refractivity (Wildman–Crippen MR) is 76.6 cm³/mol. The second-order valence-electron chi connectivity index (χ2n) is 6.17. The quantitative estimate of drug-likeness (QED) is 0.862. The zero-order valence-corrected chi connectivity index (χ0v) is 12.5. The topological polar surface area (TPSA) is 60.9 Å². The van der Waals surface area contributed by atoms with Crippen molar-refractivity contribution < 1.29 is 14.7 Å². The van der Waals surface area contributed by atoms with Crippen LogP contribution in [0.4, 0.5) is 4.79 Å². The molecule has 2 amide bonds. The van der Waals surface area contributed by atoms with E-state index in [2.05, 4.69) is 6.92 Å². The summed E-state index contributed by atoms with van der Waals surface area (Å²) in [6.07, 6.45) is 6.93. The molecule has 114 valence electrons. The van der Waals surface area contributed by atoms with Gasteiger partial charge in [0.15, 0.2) is 0 Å². The van der Waals surface area contributed by atoms with Gasteiger partial charge in [-0.15, -0.1) is 0 Å². The predicted octanol–water partition coefficient (Wildman–Crippen LogP) is 2.56. The number of aliphatic carboxylic acids is 1. The summed E-state index contributed by atoms with van der Waals surface area (Å²) in [5, 5.41) is 9.43. The van der Waals surface area contributed by atoms with Crippen molar-refractivity contribution in [3.63, 3.8) is 0 Å². The Morgan fingerprint density at radius 3 is 2.65 bits per heavy atom. The van der Waals surface area contributed by atoms with E-state index in [1.54, 1.807) is 16.8 Å². The van der Waals surface area contributed by atoms with Crippen LogP contribution in [0.1, 0.15) is 51.9 Å². The first-order valence-electron chi connectivity index (χ1n) is 7.82. The molecule has 3 unspecified atom stereocenters. The number of carboxylic acids is 1. The van der Waals surface area contributed by atoms with Crippen LogP contribution >= 0.6 is 0 Å². The smallest absolute Gasteiger partial charge is 0.326 e. The lowest BCUT2D eigenvalue weighted by Crippen LogP contribution is -2.51. The van der Waals surface area contributed by atoms with E-state index in [1.807, 2.05) is 0 Å². The summed E-state index contributed by atoms with van der Waals surface area (Å²) >= 11 is 0. The van der Waals surface area contributed by atoms with Crippen LogP contribution in [-0.2, 0) is 4.79 Å². The summed E-state index contributed by atoms with van der Waals surface area (Å²) < 4.78 is 0. The van der Waals surface area contributed by atoms with Crippen molar-refractivity contribution in [1.29, 1.82) is 0 Å². The lowest BCUT2D eigenvalue weighted by atomic mass is 9.85. The zero-order valence-electron chi connectivity index (χ0n) is 12.5. The van der Waals surface area contributed by atoms with E-state index in [4.69, 9.17) is 0 Å². The van der Waals surface area contributed by atoms with Crippen molar-refractivity contribution in [3.05, 3.63) is 0 Å². The number of carbonyl (C=O) groups is 2. The third-order valence-electron chi connectivity index (χ3n) is 4.77. The van der Waals surface area contributed by atoms with Gasteiger partial charge in [-0.2, -0.15) is 0 Å². The maximum absolute atomic E-state index is 12.6. The monoisotopic (exact) mass is 282 g/mol. The van der Waals surface area contributed by atoms with E-state index in [-0.39, 0.29) is 12.1 Å². The highest BCUT2D eigenvalue weighted by Gasteiger charge is 2.48. The second kappa shape index (κ2) is 6.46. The van der Waals surface area contributed by atoms with Gasteiger partial charge in [-0.1, -0.05) is 26.2 Å². The Hall–Kier alpha value is -1.26.